The first kappa shape index (κ1) is 16.6. The molecular weight excluding hydrogens is 352 g/mol. The van der Waals surface area contributed by atoms with Crippen LogP contribution in [0.3, 0.4) is 0 Å². The highest BCUT2D eigenvalue weighted by atomic mass is 16.6. The van der Waals surface area contributed by atoms with E-state index in [0.717, 1.165) is 19.3 Å². The van der Waals surface area contributed by atoms with Crippen LogP contribution >= 0.6 is 0 Å². The molecule has 4 heteroatoms. The minimum atomic E-state index is -0.358. The van der Waals surface area contributed by atoms with Gasteiger partial charge in [0.05, 0.1) is 6.10 Å². The van der Waals surface area contributed by atoms with Crippen LogP contribution in [0.1, 0.15) is 58.8 Å². The Balaban J connectivity index is 1.36. The highest BCUT2D eigenvalue weighted by Gasteiger charge is 2.82. The van der Waals surface area contributed by atoms with Gasteiger partial charge in [0.25, 0.3) is 0 Å². The van der Waals surface area contributed by atoms with E-state index in [0.29, 0.717) is 48.3 Å². The third kappa shape index (κ3) is 1.60. The van der Waals surface area contributed by atoms with Crippen LogP contribution < -0.4 is 0 Å². The smallest absolute Gasteiger partial charge is 0.306 e. The number of esters is 1. The van der Waals surface area contributed by atoms with Crippen molar-refractivity contribution in [3.63, 3.8) is 0 Å². The van der Waals surface area contributed by atoms with Gasteiger partial charge in [-0.3, -0.25) is 9.59 Å². The first-order valence-electron chi connectivity index (χ1n) is 11.4. The van der Waals surface area contributed by atoms with Crippen LogP contribution in [-0.4, -0.2) is 28.6 Å². The highest BCUT2D eigenvalue weighted by Crippen LogP contribution is 2.82. The van der Waals surface area contributed by atoms with E-state index in [1.54, 1.807) is 0 Å². The number of hydrogen-bond acceptors (Lipinski definition) is 4. The van der Waals surface area contributed by atoms with E-state index in [1.165, 1.54) is 18.4 Å². The molecule has 0 bridgehead atoms. The number of ether oxygens (including phenoxy) is 1. The summed E-state index contributed by atoms with van der Waals surface area (Å²) in [6.45, 7) is 4.69. The largest absolute Gasteiger partial charge is 0.458 e. The molecule has 0 amide bonds. The minimum absolute atomic E-state index is 0.0243. The molecule has 5 saturated carbocycles. The minimum Gasteiger partial charge on any atom is -0.458 e. The topological polar surface area (TPSA) is 63.6 Å². The number of fused-ring (bicyclic) bond motifs is 12. The van der Waals surface area contributed by atoms with Crippen molar-refractivity contribution in [2.24, 2.45) is 52.3 Å². The van der Waals surface area contributed by atoms with Crippen molar-refractivity contribution in [1.29, 1.82) is 0 Å². The maximum atomic E-state index is 12.2. The van der Waals surface area contributed by atoms with Crippen LogP contribution in [0.2, 0.25) is 0 Å². The fourth-order valence-corrected chi connectivity index (χ4v) is 9.85. The van der Waals surface area contributed by atoms with Gasteiger partial charge < -0.3 is 9.84 Å². The number of rotatable bonds is 0. The van der Waals surface area contributed by atoms with Gasteiger partial charge in [0.2, 0.25) is 0 Å². The fraction of sp³-hybridized carbons (Fsp3) is 0.833. The molecule has 7 rings (SSSR count). The number of ketones is 1. The third-order valence-electron chi connectivity index (χ3n) is 10.8. The van der Waals surface area contributed by atoms with Crippen molar-refractivity contribution in [1.82, 2.24) is 0 Å². The molecule has 150 valence electrons. The summed E-state index contributed by atoms with van der Waals surface area (Å²) in [5.41, 5.74) is 0.950. The summed E-state index contributed by atoms with van der Waals surface area (Å²) in [6, 6.07) is 0. The Morgan fingerprint density at radius 3 is 2.64 bits per heavy atom. The number of carbonyl (C=O) groups is 2. The van der Waals surface area contributed by atoms with Gasteiger partial charge in [0, 0.05) is 24.2 Å². The number of allylic oxidation sites excluding steroid dienone is 1. The molecule has 1 aliphatic heterocycles. The molecule has 28 heavy (non-hydrogen) atoms. The predicted molar refractivity (Wildman–Crippen MR) is 101 cm³/mol. The summed E-state index contributed by atoms with van der Waals surface area (Å²) in [4.78, 5) is 24.3. The highest BCUT2D eigenvalue weighted by molar-refractivity contribution is 5.92. The summed E-state index contributed by atoms with van der Waals surface area (Å²) < 4.78 is 6.15. The standard InChI is InChI=1S/C24H30O4/c1-22-5-3-11(25)7-15(22)12-8-13(12)19-20-14-9-16(14)24(6-4-18(27)28-24)23(20,2)10-17(26)21(19)22/h7,12-14,16-17,19-21,26H,3-6,8-10H2,1-2H3/t12-,13?,14?,16+,17?,19?,20?,21?,22+,23+,24+/m1/s1. The van der Waals surface area contributed by atoms with Gasteiger partial charge in [0.15, 0.2) is 5.78 Å². The first-order chi connectivity index (χ1) is 13.3. The second kappa shape index (κ2) is 4.61. The summed E-state index contributed by atoms with van der Waals surface area (Å²) in [6.07, 6.45) is 7.70. The van der Waals surface area contributed by atoms with E-state index in [2.05, 4.69) is 13.8 Å². The molecule has 7 aliphatic rings. The van der Waals surface area contributed by atoms with Gasteiger partial charge in [-0.05, 0) is 79.1 Å². The first-order valence-corrected chi connectivity index (χ1v) is 11.4. The summed E-state index contributed by atoms with van der Waals surface area (Å²) in [5.74, 6) is 4.01. The quantitative estimate of drug-likeness (QED) is 0.653. The molecule has 1 saturated heterocycles. The molecule has 6 aliphatic carbocycles. The average molecular weight is 383 g/mol. The van der Waals surface area contributed by atoms with Gasteiger partial charge in [-0.25, -0.2) is 0 Å². The second-order valence-corrected chi connectivity index (χ2v) is 11.7. The van der Waals surface area contributed by atoms with Crippen molar-refractivity contribution in [2.45, 2.75) is 70.5 Å². The summed E-state index contributed by atoms with van der Waals surface area (Å²) >= 11 is 0. The molecule has 6 fully saturated rings. The lowest BCUT2D eigenvalue weighted by Gasteiger charge is -2.61. The lowest BCUT2D eigenvalue weighted by molar-refractivity contribution is -0.197. The number of carbonyl (C=O) groups excluding carboxylic acids is 2. The molecule has 0 aromatic rings. The molecule has 1 heterocycles. The average Bonchev–Trinajstić information content (AvgIpc) is 3.53. The number of aliphatic hydroxyl groups is 1. The Labute approximate surface area is 166 Å². The van der Waals surface area contributed by atoms with E-state index in [9.17, 15) is 14.7 Å². The number of hydrogen-bond donors (Lipinski definition) is 1. The second-order valence-electron chi connectivity index (χ2n) is 11.7. The molecule has 6 unspecified atom stereocenters. The Morgan fingerprint density at radius 2 is 1.89 bits per heavy atom. The molecule has 4 nitrogen and oxygen atoms in total. The van der Waals surface area contributed by atoms with E-state index in [4.69, 9.17) is 4.74 Å². The van der Waals surface area contributed by atoms with Crippen LogP contribution in [0, 0.1) is 52.3 Å². The maximum absolute atomic E-state index is 12.2. The van der Waals surface area contributed by atoms with E-state index < -0.39 is 0 Å². The molecular formula is C24H30O4. The lowest BCUT2D eigenvalue weighted by atomic mass is 9.44. The van der Waals surface area contributed by atoms with Crippen LogP contribution in [-0.2, 0) is 14.3 Å². The van der Waals surface area contributed by atoms with Gasteiger partial charge in [-0.1, -0.05) is 19.4 Å². The third-order valence-corrected chi connectivity index (χ3v) is 10.8. The van der Waals surface area contributed by atoms with Crippen molar-refractivity contribution in [3.8, 4) is 0 Å². The zero-order valence-corrected chi connectivity index (χ0v) is 16.8. The molecule has 1 spiro atoms. The Morgan fingerprint density at radius 1 is 1.07 bits per heavy atom. The van der Waals surface area contributed by atoms with Gasteiger partial charge in [-0.2, -0.15) is 0 Å². The molecule has 0 aromatic heterocycles. The van der Waals surface area contributed by atoms with Crippen LogP contribution in [0.15, 0.2) is 11.6 Å². The van der Waals surface area contributed by atoms with Crippen molar-refractivity contribution >= 4 is 11.8 Å². The van der Waals surface area contributed by atoms with Gasteiger partial charge in [0.1, 0.15) is 5.60 Å². The van der Waals surface area contributed by atoms with Gasteiger partial charge in [-0.15, -0.1) is 0 Å². The van der Waals surface area contributed by atoms with Crippen molar-refractivity contribution in [2.75, 3.05) is 0 Å². The Kier molecular flexibility index (Phi) is 2.73. The summed E-state index contributed by atoms with van der Waals surface area (Å²) in [5, 5.41) is 11.6. The molecule has 11 atom stereocenters. The monoisotopic (exact) mass is 382 g/mol. The zero-order chi connectivity index (χ0) is 19.2. The molecule has 0 aromatic carbocycles. The van der Waals surface area contributed by atoms with E-state index >= 15 is 0 Å². The van der Waals surface area contributed by atoms with Gasteiger partial charge >= 0.3 is 5.97 Å². The normalized spacial score (nSPS) is 62.9. The van der Waals surface area contributed by atoms with E-state index in [1.807, 2.05) is 6.08 Å². The van der Waals surface area contributed by atoms with Crippen LogP contribution in [0.5, 0.6) is 0 Å². The van der Waals surface area contributed by atoms with Crippen molar-refractivity contribution in [3.05, 3.63) is 11.6 Å². The predicted octanol–water partition coefficient (Wildman–Crippen LogP) is 3.28. The van der Waals surface area contributed by atoms with Crippen LogP contribution in [0.25, 0.3) is 0 Å². The SMILES string of the molecule is C[C@]12CCC(=O)C=C1[C@@H]1CC1C1C2C(O)C[C@@]2(C)C1C1C[C@@H]1[C@@]21CCC(=O)O1. The lowest BCUT2D eigenvalue weighted by Crippen LogP contribution is -2.62. The maximum Gasteiger partial charge on any atom is 0.306 e. The fourth-order valence-electron chi connectivity index (χ4n) is 9.85. The zero-order valence-electron chi connectivity index (χ0n) is 16.8. The van der Waals surface area contributed by atoms with Crippen LogP contribution in [0.4, 0.5) is 0 Å². The molecule has 0 radical (unpaired) electrons. The Hall–Kier alpha value is -1.16. The number of aliphatic hydroxyl groups excluding tert-OH is 1. The van der Waals surface area contributed by atoms with Crippen molar-refractivity contribution < 1.29 is 19.4 Å². The van der Waals surface area contributed by atoms with E-state index in [-0.39, 0.29) is 40.2 Å². The Bertz CT molecular complexity index is 861. The summed E-state index contributed by atoms with van der Waals surface area (Å²) in [7, 11) is 0. The molecule has 1 N–H and O–H groups in total.